The van der Waals surface area contributed by atoms with Gasteiger partial charge in [-0.15, -0.1) is 11.3 Å². The van der Waals surface area contributed by atoms with Crippen molar-refractivity contribution in [2.75, 3.05) is 6.61 Å². The Morgan fingerprint density at radius 3 is 3.00 bits per heavy atom. The van der Waals surface area contributed by atoms with Gasteiger partial charge < -0.3 is 19.7 Å². The van der Waals surface area contributed by atoms with Crippen LogP contribution in [0.4, 0.5) is 4.79 Å². The molecule has 11 heteroatoms. The standard InChI is InChI=1S/C22H22N4O6S/c27-18-4-3-16(20(28)25-18)26-9-13-2-1-12(7-14(13)21(26)29)8-23-22(30)32-11-19-24-15-5-6-31-10-17(15)33-19/h1-2,7,16H,3-6,8-11H2,(H,23,30)(H,25,27,28). The number of hydrogen-bond acceptors (Lipinski definition) is 8. The van der Waals surface area contributed by atoms with Gasteiger partial charge in [-0.2, -0.15) is 0 Å². The van der Waals surface area contributed by atoms with Crippen molar-refractivity contribution in [2.24, 2.45) is 0 Å². The first kappa shape index (κ1) is 21.5. The Hall–Kier alpha value is -3.31. The van der Waals surface area contributed by atoms with Crippen molar-refractivity contribution in [3.63, 3.8) is 0 Å². The molecule has 0 saturated carbocycles. The smallest absolute Gasteiger partial charge is 0.407 e. The number of nitrogens with one attached hydrogen (secondary N) is 2. The number of ether oxygens (including phenoxy) is 2. The van der Waals surface area contributed by atoms with E-state index < -0.39 is 18.0 Å². The lowest BCUT2D eigenvalue weighted by Crippen LogP contribution is -2.52. The number of nitrogens with zero attached hydrogens (tertiary/aromatic N) is 2. The van der Waals surface area contributed by atoms with Crippen LogP contribution in [0.1, 0.15) is 49.9 Å². The summed E-state index contributed by atoms with van der Waals surface area (Å²) in [5.74, 6) is -1.00. The quantitative estimate of drug-likeness (QED) is 0.633. The molecule has 33 heavy (non-hydrogen) atoms. The molecule has 4 amide bonds. The summed E-state index contributed by atoms with van der Waals surface area (Å²) in [5, 5.41) is 5.71. The Kier molecular flexibility index (Phi) is 5.81. The molecule has 10 nitrogen and oxygen atoms in total. The molecule has 172 valence electrons. The lowest BCUT2D eigenvalue weighted by atomic mass is 10.0. The van der Waals surface area contributed by atoms with E-state index in [4.69, 9.17) is 9.47 Å². The number of benzene rings is 1. The molecule has 2 N–H and O–H groups in total. The first-order valence-electron chi connectivity index (χ1n) is 10.7. The first-order valence-corrected chi connectivity index (χ1v) is 11.5. The third kappa shape index (κ3) is 4.46. The monoisotopic (exact) mass is 470 g/mol. The molecule has 4 heterocycles. The zero-order valence-corrected chi connectivity index (χ0v) is 18.5. The van der Waals surface area contributed by atoms with Gasteiger partial charge in [0.05, 0.1) is 23.8 Å². The number of aromatic nitrogens is 1. The molecule has 5 rings (SSSR count). The van der Waals surface area contributed by atoms with Crippen molar-refractivity contribution in [3.8, 4) is 0 Å². The van der Waals surface area contributed by atoms with Crippen molar-refractivity contribution in [3.05, 3.63) is 50.5 Å². The van der Waals surface area contributed by atoms with Crippen LogP contribution in [0.2, 0.25) is 0 Å². The summed E-state index contributed by atoms with van der Waals surface area (Å²) in [6, 6.07) is 4.72. The van der Waals surface area contributed by atoms with Crippen LogP contribution >= 0.6 is 11.3 Å². The fourth-order valence-electron chi connectivity index (χ4n) is 4.20. The van der Waals surface area contributed by atoms with Gasteiger partial charge in [0, 0.05) is 31.5 Å². The maximum Gasteiger partial charge on any atom is 0.407 e. The summed E-state index contributed by atoms with van der Waals surface area (Å²) in [6.07, 6.45) is 0.734. The number of alkyl carbamates (subject to hydrolysis) is 1. The summed E-state index contributed by atoms with van der Waals surface area (Å²) in [6.45, 7) is 1.81. The van der Waals surface area contributed by atoms with Crippen LogP contribution in [0.3, 0.4) is 0 Å². The predicted molar refractivity (Wildman–Crippen MR) is 115 cm³/mol. The maximum atomic E-state index is 12.9. The van der Waals surface area contributed by atoms with E-state index in [0.29, 0.717) is 31.7 Å². The molecule has 1 unspecified atom stereocenters. The van der Waals surface area contributed by atoms with E-state index in [-0.39, 0.29) is 31.4 Å². The van der Waals surface area contributed by atoms with Crippen LogP contribution in [-0.4, -0.2) is 46.3 Å². The van der Waals surface area contributed by atoms with E-state index in [2.05, 4.69) is 15.6 Å². The highest BCUT2D eigenvalue weighted by atomic mass is 32.1. The number of carbonyl (C=O) groups is 4. The van der Waals surface area contributed by atoms with E-state index in [0.717, 1.165) is 33.1 Å². The molecule has 0 bridgehead atoms. The summed E-state index contributed by atoms with van der Waals surface area (Å²) >= 11 is 1.49. The SMILES string of the molecule is O=C1CCC(N2Cc3ccc(CNC(=O)OCc4nc5c(s4)COCC5)cc3C2=O)C(=O)N1. The number of carbonyl (C=O) groups excluding carboxylic acids is 4. The summed E-state index contributed by atoms with van der Waals surface area (Å²) in [4.78, 5) is 55.6. The van der Waals surface area contributed by atoms with E-state index in [9.17, 15) is 19.2 Å². The number of fused-ring (bicyclic) bond motifs is 2. The van der Waals surface area contributed by atoms with Crippen LogP contribution in [0, 0.1) is 0 Å². The van der Waals surface area contributed by atoms with Gasteiger partial charge in [-0.3, -0.25) is 19.7 Å². The molecule has 1 fully saturated rings. The Balaban J connectivity index is 1.15. The fraction of sp³-hybridized carbons (Fsp3) is 0.409. The highest BCUT2D eigenvalue weighted by Crippen LogP contribution is 2.28. The molecule has 1 aromatic carbocycles. The average Bonchev–Trinajstić information content (AvgIpc) is 3.37. The van der Waals surface area contributed by atoms with E-state index in [1.165, 1.54) is 16.2 Å². The number of hydrogen-bond donors (Lipinski definition) is 2. The van der Waals surface area contributed by atoms with Gasteiger partial charge >= 0.3 is 6.09 Å². The number of rotatable bonds is 5. The lowest BCUT2D eigenvalue weighted by molar-refractivity contribution is -0.136. The summed E-state index contributed by atoms with van der Waals surface area (Å²) in [7, 11) is 0. The lowest BCUT2D eigenvalue weighted by Gasteiger charge is -2.29. The Bertz CT molecular complexity index is 1120. The zero-order valence-electron chi connectivity index (χ0n) is 17.7. The van der Waals surface area contributed by atoms with Gasteiger partial charge in [0.1, 0.15) is 17.7 Å². The number of piperidine rings is 1. The fourth-order valence-corrected chi connectivity index (χ4v) is 5.17. The van der Waals surface area contributed by atoms with Gasteiger partial charge in [0.15, 0.2) is 0 Å². The third-order valence-corrected chi connectivity index (χ3v) is 6.94. The Morgan fingerprint density at radius 1 is 1.30 bits per heavy atom. The normalized spacial score (nSPS) is 19.7. The molecular formula is C22H22N4O6S. The maximum absolute atomic E-state index is 12.9. The zero-order chi connectivity index (χ0) is 22.9. The van der Waals surface area contributed by atoms with Gasteiger partial charge in [-0.1, -0.05) is 12.1 Å². The number of thiazole rings is 1. The highest BCUT2D eigenvalue weighted by molar-refractivity contribution is 7.11. The van der Waals surface area contributed by atoms with Gasteiger partial charge in [-0.25, -0.2) is 9.78 Å². The first-order chi connectivity index (χ1) is 16.0. The number of imide groups is 1. The minimum absolute atomic E-state index is 0.0904. The van der Waals surface area contributed by atoms with Crippen LogP contribution in [0.15, 0.2) is 18.2 Å². The topological polar surface area (TPSA) is 127 Å². The van der Waals surface area contributed by atoms with Crippen molar-refractivity contribution in [2.45, 2.75) is 51.6 Å². The third-order valence-electron chi connectivity index (χ3n) is 5.90. The minimum atomic E-state index is -0.651. The average molecular weight is 471 g/mol. The van der Waals surface area contributed by atoms with Crippen LogP contribution < -0.4 is 10.6 Å². The van der Waals surface area contributed by atoms with E-state index in [1.807, 2.05) is 12.1 Å². The molecule has 0 aliphatic carbocycles. The second-order valence-corrected chi connectivity index (χ2v) is 9.27. The molecule has 1 atom stereocenters. The van der Waals surface area contributed by atoms with E-state index in [1.54, 1.807) is 6.07 Å². The molecule has 0 spiro atoms. The largest absolute Gasteiger partial charge is 0.442 e. The highest BCUT2D eigenvalue weighted by Gasteiger charge is 2.39. The van der Waals surface area contributed by atoms with Crippen molar-refractivity contribution >= 4 is 35.2 Å². The molecule has 3 aliphatic heterocycles. The van der Waals surface area contributed by atoms with Crippen LogP contribution in [0.25, 0.3) is 0 Å². The number of amides is 4. The van der Waals surface area contributed by atoms with Crippen molar-refractivity contribution in [1.29, 1.82) is 0 Å². The van der Waals surface area contributed by atoms with Gasteiger partial charge in [0.25, 0.3) is 5.91 Å². The van der Waals surface area contributed by atoms with Gasteiger partial charge in [-0.05, 0) is 23.6 Å². The Labute approximate surface area is 193 Å². The minimum Gasteiger partial charge on any atom is -0.442 e. The molecule has 1 aromatic heterocycles. The van der Waals surface area contributed by atoms with Crippen molar-refractivity contribution < 1.29 is 28.7 Å². The van der Waals surface area contributed by atoms with Crippen LogP contribution in [0.5, 0.6) is 0 Å². The Morgan fingerprint density at radius 2 is 2.18 bits per heavy atom. The van der Waals surface area contributed by atoms with Crippen LogP contribution in [-0.2, 0) is 51.8 Å². The summed E-state index contributed by atoms with van der Waals surface area (Å²) < 4.78 is 10.7. The van der Waals surface area contributed by atoms with E-state index >= 15 is 0 Å². The molecule has 0 radical (unpaired) electrons. The molecule has 1 saturated heterocycles. The predicted octanol–water partition coefficient (Wildman–Crippen LogP) is 1.40. The molecular weight excluding hydrogens is 448 g/mol. The molecule has 2 aromatic rings. The second kappa shape index (κ2) is 8.91. The molecule has 3 aliphatic rings. The van der Waals surface area contributed by atoms with Gasteiger partial charge in [0.2, 0.25) is 11.8 Å². The second-order valence-electron chi connectivity index (χ2n) is 8.10. The van der Waals surface area contributed by atoms with Crippen molar-refractivity contribution in [1.82, 2.24) is 20.5 Å². The summed E-state index contributed by atoms with van der Waals surface area (Å²) in [5.41, 5.74) is 3.07.